The van der Waals surface area contributed by atoms with E-state index in [1.54, 1.807) is 0 Å². The van der Waals surface area contributed by atoms with Crippen molar-refractivity contribution >= 4 is 5.91 Å². The van der Waals surface area contributed by atoms with Crippen molar-refractivity contribution in [1.29, 1.82) is 0 Å². The van der Waals surface area contributed by atoms with Gasteiger partial charge in [0.1, 0.15) is 0 Å². The maximum atomic E-state index is 12.8. The predicted molar refractivity (Wildman–Crippen MR) is 82.0 cm³/mol. The van der Waals surface area contributed by atoms with E-state index in [1.165, 1.54) is 5.56 Å². The Labute approximate surface area is 122 Å². The molecular formula is C17H26N2O. The number of benzene rings is 1. The van der Waals surface area contributed by atoms with Crippen LogP contribution in [0.4, 0.5) is 0 Å². The van der Waals surface area contributed by atoms with Crippen molar-refractivity contribution < 1.29 is 4.79 Å². The number of nitrogens with zero attached hydrogens (tertiary/aromatic N) is 1. The molecule has 1 aliphatic carbocycles. The highest BCUT2D eigenvalue weighted by Gasteiger charge is 2.40. The Morgan fingerprint density at radius 2 is 2.05 bits per heavy atom. The van der Waals surface area contributed by atoms with E-state index in [4.69, 9.17) is 5.73 Å². The zero-order valence-corrected chi connectivity index (χ0v) is 12.6. The van der Waals surface area contributed by atoms with Gasteiger partial charge in [-0.15, -0.1) is 0 Å². The average Bonchev–Trinajstić information content (AvgIpc) is 2.78. The molecule has 0 radical (unpaired) electrons. The fourth-order valence-corrected chi connectivity index (χ4v) is 3.23. The van der Waals surface area contributed by atoms with Gasteiger partial charge in [-0.1, -0.05) is 50.6 Å². The summed E-state index contributed by atoms with van der Waals surface area (Å²) in [6.07, 6.45) is 3.32. The Kier molecular flexibility index (Phi) is 4.81. The maximum absolute atomic E-state index is 12.8. The molecule has 3 heteroatoms. The minimum atomic E-state index is 0.126. The van der Waals surface area contributed by atoms with Gasteiger partial charge in [0.25, 0.3) is 0 Å². The summed E-state index contributed by atoms with van der Waals surface area (Å²) < 4.78 is 0. The quantitative estimate of drug-likeness (QED) is 0.897. The summed E-state index contributed by atoms with van der Waals surface area (Å²) in [6, 6.07) is 10.2. The minimum absolute atomic E-state index is 0.126. The second-order valence-electron chi connectivity index (χ2n) is 6.47. The van der Waals surface area contributed by atoms with E-state index in [2.05, 4.69) is 26.0 Å². The van der Waals surface area contributed by atoms with Gasteiger partial charge in [-0.05, 0) is 23.8 Å². The molecule has 0 bridgehead atoms. The van der Waals surface area contributed by atoms with E-state index in [9.17, 15) is 4.79 Å². The molecule has 0 saturated heterocycles. The summed E-state index contributed by atoms with van der Waals surface area (Å²) in [6.45, 7) is 6.26. The van der Waals surface area contributed by atoms with Crippen LogP contribution in [-0.2, 0) is 11.3 Å². The summed E-state index contributed by atoms with van der Waals surface area (Å²) >= 11 is 0. The smallest absolute Gasteiger partial charge is 0.226 e. The third-order valence-corrected chi connectivity index (χ3v) is 4.48. The molecule has 2 N–H and O–H groups in total. The highest BCUT2D eigenvalue weighted by molar-refractivity contribution is 5.80. The molecular weight excluding hydrogens is 248 g/mol. The topological polar surface area (TPSA) is 46.3 Å². The molecule has 0 aromatic heterocycles. The number of hydrogen-bond acceptors (Lipinski definition) is 2. The molecule has 0 aliphatic heterocycles. The van der Waals surface area contributed by atoms with Gasteiger partial charge < -0.3 is 10.6 Å². The van der Waals surface area contributed by atoms with Crippen LogP contribution < -0.4 is 5.73 Å². The second-order valence-corrected chi connectivity index (χ2v) is 6.47. The van der Waals surface area contributed by atoms with Crippen molar-refractivity contribution in [2.24, 2.45) is 17.1 Å². The Morgan fingerprint density at radius 1 is 1.35 bits per heavy atom. The Hall–Kier alpha value is -1.35. The van der Waals surface area contributed by atoms with Crippen LogP contribution in [0.15, 0.2) is 30.3 Å². The van der Waals surface area contributed by atoms with Crippen molar-refractivity contribution in [2.45, 2.75) is 39.7 Å². The van der Waals surface area contributed by atoms with Crippen LogP contribution in [0.3, 0.4) is 0 Å². The van der Waals surface area contributed by atoms with Crippen molar-refractivity contribution in [3.8, 4) is 0 Å². The lowest BCUT2D eigenvalue weighted by Gasteiger charge is -2.32. The Bertz CT molecular complexity index is 442. The van der Waals surface area contributed by atoms with Crippen LogP contribution in [0.25, 0.3) is 0 Å². The normalized spacial score (nSPS) is 20.9. The molecule has 110 valence electrons. The fraction of sp³-hybridized carbons (Fsp3) is 0.588. The van der Waals surface area contributed by atoms with Gasteiger partial charge in [0.15, 0.2) is 0 Å². The first kappa shape index (κ1) is 15.0. The number of nitrogens with two attached hydrogens (primary N) is 1. The highest BCUT2D eigenvalue weighted by atomic mass is 16.2. The van der Waals surface area contributed by atoms with Gasteiger partial charge >= 0.3 is 0 Å². The summed E-state index contributed by atoms with van der Waals surface area (Å²) in [5.41, 5.74) is 6.99. The molecule has 20 heavy (non-hydrogen) atoms. The van der Waals surface area contributed by atoms with Gasteiger partial charge in [-0.3, -0.25) is 4.79 Å². The second kappa shape index (κ2) is 6.40. The molecule has 1 saturated carbocycles. The first-order valence-corrected chi connectivity index (χ1v) is 7.57. The SMILES string of the molecule is CC1(C)CCCC1C(=O)N(CCN)Cc1ccccc1. The molecule has 1 aliphatic rings. The maximum Gasteiger partial charge on any atom is 0.226 e. The molecule has 1 amide bonds. The van der Waals surface area contributed by atoms with Gasteiger partial charge in [-0.25, -0.2) is 0 Å². The number of carbonyl (C=O) groups excluding carboxylic acids is 1. The van der Waals surface area contributed by atoms with Gasteiger partial charge in [0, 0.05) is 25.6 Å². The van der Waals surface area contributed by atoms with E-state index >= 15 is 0 Å². The molecule has 1 aromatic rings. The predicted octanol–water partition coefficient (Wildman–Crippen LogP) is 2.80. The van der Waals surface area contributed by atoms with Crippen LogP contribution in [-0.4, -0.2) is 23.9 Å². The first-order valence-electron chi connectivity index (χ1n) is 7.57. The lowest BCUT2D eigenvalue weighted by Crippen LogP contribution is -2.42. The number of carbonyl (C=O) groups is 1. The first-order chi connectivity index (χ1) is 9.54. The van der Waals surface area contributed by atoms with Crippen LogP contribution in [0, 0.1) is 11.3 Å². The number of amides is 1. The van der Waals surface area contributed by atoms with Gasteiger partial charge in [0.2, 0.25) is 5.91 Å². The van der Waals surface area contributed by atoms with Crippen LogP contribution in [0.2, 0.25) is 0 Å². The largest absolute Gasteiger partial charge is 0.337 e. The number of hydrogen-bond donors (Lipinski definition) is 1. The van der Waals surface area contributed by atoms with E-state index < -0.39 is 0 Å². The Morgan fingerprint density at radius 3 is 2.60 bits per heavy atom. The molecule has 1 unspecified atom stereocenters. The zero-order valence-electron chi connectivity index (χ0n) is 12.6. The molecule has 1 aromatic carbocycles. The molecule has 2 rings (SSSR count). The average molecular weight is 274 g/mol. The van der Waals surface area contributed by atoms with E-state index in [1.807, 2.05) is 23.1 Å². The summed E-state index contributed by atoms with van der Waals surface area (Å²) in [5, 5.41) is 0. The van der Waals surface area contributed by atoms with Crippen molar-refractivity contribution in [1.82, 2.24) is 4.90 Å². The summed E-state index contributed by atoms with van der Waals surface area (Å²) in [7, 11) is 0. The van der Waals surface area contributed by atoms with Crippen LogP contribution in [0.1, 0.15) is 38.7 Å². The monoisotopic (exact) mass is 274 g/mol. The molecule has 1 fully saturated rings. The Balaban J connectivity index is 2.10. The molecule has 1 atom stereocenters. The third kappa shape index (κ3) is 3.40. The molecule has 3 nitrogen and oxygen atoms in total. The zero-order chi connectivity index (χ0) is 14.6. The van der Waals surface area contributed by atoms with Crippen molar-refractivity contribution in [3.05, 3.63) is 35.9 Å². The minimum Gasteiger partial charge on any atom is -0.337 e. The standard InChI is InChI=1S/C17H26N2O/c1-17(2)10-6-9-15(17)16(20)19(12-11-18)13-14-7-4-3-5-8-14/h3-5,7-8,15H,6,9-13,18H2,1-2H3. The van der Waals surface area contributed by atoms with E-state index in [0.717, 1.165) is 19.3 Å². The lowest BCUT2D eigenvalue weighted by atomic mass is 9.81. The number of rotatable bonds is 5. The summed E-state index contributed by atoms with van der Waals surface area (Å²) in [5.74, 6) is 0.430. The summed E-state index contributed by atoms with van der Waals surface area (Å²) in [4.78, 5) is 14.8. The highest BCUT2D eigenvalue weighted by Crippen LogP contribution is 2.43. The van der Waals surface area contributed by atoms with Crippen molar-refractivity contribution in [2.75, 3.05) is 13.1 Å². The van der Waals surface area contributed by atoms with E-state index in [-0.39, 0.29) is 17.2 Å². The van der Waals surface area contributed by atoms with Crippen molar-refractivity contribution in [3.63, 3.8) is 0 Å². The van der Waals surface area contributed by atoms with E-state index in [0.29, 0.717) is 19.6 Å². The third-order valence-electron chi connectivity index (χ3n) is 4.48. The molecule has 0 heterocycles. The van der Waals surface area contributed by atoms with Gasteiger partial charge in [0.05, 0.1) is 0 Å². The fourth-order valence-electron chi connectivity index (χ4n) is 3.23. The van der Waals surface area contributed by atoms with Crippen LogP contribution >= 0.6 is 0 Å². The van der Waals surface area contributed by atoms with Gasteiger partial charge in [-0.2, -0.15) is 0 Å². The molecule has 0 spiro atoms. The van der Waals surface area contributed by atoms with Crippen LogP contribution in [0.5, 0.6) is 0 Å². The lowest BCUT2D eigenvalue weighted by molar-refractivity contribution is -0.138.